The molecule has 11 heteroatoms. The van der Waals surface area contributed by atoms with Crippen molar-refractivity contribution >= 4 is 50.7 Å². The normalized spacial score (nSPS) is 12.2. The molecule has 2 aromatic carbocycles. The number of carbonyl (C=O) groups excluding carboxylic acids is 2. The van der Waals surface area contributed by atoms with Gasteiger partial charge in [-0.25, -0.2) is 12.8 Å². The predicted octanol–water partition coefficient (Wildman–Crippen LogP) is 4.23. The van der Waals surface area contributed by atoms with Gasteiger partial charge in [0.25, 0.3) is 0 Å². The smallest absolute Gasteiger partial charge is 0.244 e. The highest BCUT2D eigenvalue weighted by molar-refractivity contribution is 7.92. The van der Waals surface area contributed by atoms with Crippen molar-refractivity contribution < 1.29 is 22.4 Å². The van der Waals surface area contributed by atoms with Crippen LogP contribution in [0.4, 0.5) is 10.1 Å². The van der Waals surface area contributed by atoms with Gasteiger partial charge in [-0.2, -0.15) is 0 Å². The van der Waals surface area contributed by atoms with E-state index in [4.69, 9.17) is 23.2 Å². The molecule has 2 aromatic rings. The maximum atomic E-state index is 13.4. The van der Waals surface area contributed by atoms with Gasteiger partial charge in [0.2, 0.25) is 21.8 Å². The Kier molecular flexibility index (Phi) is 10.1. The molecule has 7 nitrogen and oxygen atoms in total. The molecule has 0 bridgehead atoms. The van der Waals surface area contributed by atoms with Gasteiger partial charge in [-0.3, -0.25) is 13.9 Å². The maximum Gasteiger partial charge on any atom is 0.244 e. The lowest BCUT2D eigenvalue weighted by Gasteiger charge is -2.31. The third-order valence-corrected chi connectivity index (χ3v) is 7.08. The van der Waals surface area contributed by atoms with Gasteiger partial charge in [0.1, 0.15) is 18.4 Å². The minimum Gasteiger partial charge on any atom is -0.354 e. The average molecular weight is 532 g/mol. The van der Waals surface area contributed by atoms with Crippen LogP contribution >= 0.6 is 23.2 Å². The van der Waals surface area contributed by atoms with E-state index in [0.29, 0.717) is 12.1 Å². The number of nitrogens with zero attached hydrogens (tertiary/aromatic N) is 2. The molecule has 0 saturated heterocycles. The fourth-order valence-electron chi connectivity index (χ4n) is 3.18. The topological polar surface area (TPSA) is 86.8 Å². The lowest BCUT2D eigenvalue weighted by atomic mass is 10.1. The standard InChI is InChI=1S/C23H28Cl2FN3O4S/c1-4-5-13-27-23(31)16(2)28(14-17-9-11-18(26)12-10-17)21(30)15-29(34(3,32)33)20-8-6-7-19(24)22(20)25/h6-12,16H,4-5,13-15H2,1-3H3,(H,27,31)/t16-/m0/s1. The molecule has 0 fully saturated rings. The molecule has 1 N–H and O–H groups in total. The van der Waals surface area contributed by atoms with Gasteiger partial charge in [-0.1, -0.05) is 54.7 Å². The first-order chi connectivity index (χ1) is 16.0. The molecule has 2 rings (SSSR count). The molecule has 0 aliphatic heterocycles. The second kappa shape index (κ2) is 12.4. The van der Waals surface area contributed by atoms with Crippen LogP contribution < -0.4 is 9.62 Å². The third-order valence-electron chi connectivity index (χ3n) is 5.14. The molecular formula is C23H28Cl2FN3O4S. The molecule has 0 aromatic heterocycles. The van der Waals surface area contributed by atoms with Crippen LogP contribution in [0.15, 0.2) is 42.5 Å². The highest BCUT2D eigenvalue weighted by Gasteiger charge is 2.31. The largest absolute Gasteiger partial charge is 0.354 e. The van der Waals surface area contributed by atoms with Gasteiger partial charge in [-0.15, -0.1) is 0 Å². The molecule has 186 valence electrons. The summed E-state index contributed by atoms with van der Waals surface area (Å²) < 4.78 is 39.3. The number of anilines is 1. The van der Waals surface area contributed by atoms with Crippen molar-refractivity contribution in [1.29, 1.82) is 0 Å². The molecule has 0 radical (unpaired) electrons. The van der Waals surface area contributed by atoms with E-state index in [9.17, 15) is 22.4 Å². The summed E-state index contributed by atoms with van der Waals surface area (Å²) in [6, 6.07) is 9.04. The molecule has 1 atom stereocenters. The zero-order valence-electron chi connectivity index (χ0n) is 19.2. The Labute approximate surface area is 209 Å². The number of unbranched alkanes of at least 4 members (excludes halogenated alkanes) is 1. The van der Waals surface area contributed by atoms with Gasteiger partial charge in [-0.05, 0) is 43.2 Å². The molecular weight excluding hydrogens is 504 g/mol. The first-order valence-corrected chi connectivity index (χ1v) is 13.3. The van der Waals surface area contributed by atoms with Gasteiger partial charge in [0, 0.05) is 13.1 Å². The first-order valence-electron chi connectivity index (χ1n) is 10.7. The molecule has 34 heavy (non-hydrogen) atoms. The van der Waals surface area contributed by atoms with Crippen LogP contribution in [-0.2, 0) is 26.2 Å². The second-order valence-corrected chi connectivity index (χ2v) is 10.5. The van der Waals surface area contributed by atoms with E-state index >= 15 is 0 Å². The number of hydrogen-bond donors (Lipinski definition) is 1. The summed E-state index contributed by atoms with van der Waals surface area (Å²) >= 11 is 12.3. The zero-order chi connectivity index (χ0) is 25.5. The Morgan fingerprint density at radius 3 is 2.35 bits per heavy atom. The van der Waals surface area contributed by atoms with Crippen LogP contribution in [-0.4, -0.2) is 50.5 Å². The highest BCUT2D eigenvalue weighted by Crippen LogP contribution is 2.33. The highest BCUT2D eigenvalue weighted by atomic mass is 35.5. The van der Waals surface area contributed by atoms with E-state index in [2.05, 4.69) is 5.32 Å². The van der Waals surface area contributed by atoms with E-state index in [1.807, 2.05) is 6.92 Å². The minimum atomic E-state index is -3.94. The lowest BCUT2D eigenvalue weighted by molar-refractivity contribution is -0.139. The van der Waals surface area contributed by atoms with Crippen molar-refractivity contribution in [3.63, 3.8) is 0 Å². The summed E-state index contributed by atoms with van der Waals surface area (Å²) in [4.78, 5) is 27.4. The molecule has 0 heterocycles. The van der Waals surface area contributed by atoms with Gasteiger partial charge >= 0.3 is 0 Å². The number of nitrogens with one attached hydrogen (secondary N) is 1. The molecule has 0 unspecified atom stereocenters. The fraction of sp³-hybridized carbons (Fsp3) is 0.391. The van der Waals surface area contributed by atoms with Crippen molar-refractivity contribution in [2.24, 2.45) is 0 Å². The number of amides is 2. The van der Waals surface area contributed by atoms with Crippen LogP contribution in [0.1, 0.15) is 32.3 Å². The average Bonchev–Trinajstić information content (AvgIpc) is 2.78. The first kappa shape index (κ1) is 27.9. The molecule has 0 aliphatic carbocycles. The molecule has 0 saturated carbocycles. The summed E-state index contributed by atoms with van der Waals surface area (Å²) in [5.41, 5.74) is 0.626. The van der Waals surface area contributed by atoms with Crippen molar-refractivity contribution in [3.8, 4) is 0 Å². The van der Waals surface area contributed by atoms with Crippen LogP contribution in [0.25, 0.3) is 0 Å². The Morgan fingerprint density at radius 2 is 1.76 bits per heavy atom. The third kappa shape index (κ3) is 7.58. The summed E-state index contributed by atoms with van der Waals surface area (Å²) in [6.45, 7) is 3.36. The summed E-state index contributed by atoms with van der Waals surface area (Å²) in [5.74, 6) is -1.45. The number of hydrogen-bond acceptors (Lipinski definition) is 4. The van der Waals surface area contributed by atoms with Crippen LogP contribution in [0.3, 0.4) is 0 Å². The Morgan fingerprint density at radius 1 is 1.12 bits per heavy atom. The van der Waals surface area contributed by atoms with Gasteiger partial charge < -0.3 is 10.2 Å². The Bertz CT molecular complexity index is 1110. The van der Waals surface area contributed by atoms with Gasteiger partial charge in [0.15, 0.2) is 0 Å². The van der Waals surface area contributed by atoms with E-state index in [1.165, 1.54) is 47.4 Å². The zero-order valence-corrected chi connectivity index (χ0v) is 21.6. The quantitative estimate of drug-likeness (QED) is 0.439. The van der Waals surface area contributed by atoms with Crippen LogP contribution in [0.2, 0.25) is 10.0 Å². The summed E-state index contributed by atoms with van der Waals surface area (Å²) in [7, 11) is -3.94. The van der Waals surface area contributed by atoms with E-state index < -0.39 is 34.3 Å². The van der Waals surface area contributed by atoms with E-state index in [-0.39, 0.29) is 28.2 Å². The SMILES string of the molecule is CCCCNC(=O)[C@H](C)N(Cc1ccc(F)cc1)C(=O)CN(c1cccc(Cl)c1Cl)S(C)(=O)=O. The van der Waals surface area contributed by atoms with Crippen LogP contribution in [0, 0.1) is 5.82 Å². The maximum absolute atomic E-state index is 13.4. The van der Waals surface area contributed by atoms with Crippen LogP contribution in [0.5, 0.6) is 0 Å². The van der Waals surface area contributed by atoms with Crippen molar-refractivity contribution in [3.05, 3.63) is 63.9 Å². The Hall–Kier alpha value is -2.36. The predicted molar refractivity (Wildman–Crippen MR) is 133 cm³/mol. The van der Waals surface area contributed by atoms with E-state index in [1.54, 1.807) is 6.92 Å². The molecule has 0 spiro atoms. The monoisotopic (exact) mass is 531 g/mol. The molecule has 0 aliphatic rings. The number of sulfonamides is 1. The summed E-state index contributed by atoms with van der Waals surface area (Å²) in [5, 5.41) is 2.90. The van der Waals surface area contributed by atoms with Crippen molar-refractivity contribution in [2.75, 3.05) is 23.7 Å². The number of halogens is 3. The summed E-state index contributed by atoms with van der Waals surface area (Å²) in [6.07, 6.45) is 2.61. The minimum absolute atomic E-state index is 0.0159. The lowest BCUT2D eigenvalue weighted by Crippen LogP contribution is -2.51. The number of carbonyl (C=O) groups is 2. The number of benzene rings is 2. The molecule has 2 amide bonds. The van der Waals surface area contributed by atoms with E-state index in [0.717, 1.165) is 23.4 Å². The van der Waals surface area contributed by atoms with Gasteiger partial charge in [0.05, 0.1) is 22.0 Å². The fourth-order valence-corrected chi connectivity index (χ4v) is 4.49. The van der Waals surface area contributed by atoms with Crippen molar-refractivity contribution in [1.82, 2.24) is 10.2 Å². The Balaban J connectivity index is 2.38. The van der Waals surface area contributed by atoms with Crippen molar-refractivity contribution in [2.45, 2.75) is 39.3 Å². The second-order valence-electron chi connectivity index (χ2n) is 7.81. The number of rotatable bonds is 11.